The maximum atomic E-state index is 14.8. The molecule has 8 rings (SSSR count). The molecule has 0 aliphatic carbocycles. The van der Waals surface area contributed by atoms with Gasteiger partial charge in [-0.15, -0.1) is 0 Å². The van der Waals surface area contributed by atoms with Crippen molar-refractivity contribution in [3.05, 3.63) is 156 Å². The third-order valence-electron chi connectivity index (χ3n) is 9.84. The Labute approximate surface area is 304 Å². The maximum Gasteiger partial charge on any atom is 0.164 e. The normalized spacial score (nSPS) is 12.1. The van der Waals surface area contributed by atoms with Gasteiger partial charge in [0.1, 0.15) is 5.82 Å². The molecular formula is C47H41FN4. The van der Waals surface area contributed by atoms with Crippen molar-refractivity contribution in [2.45, 2.75) is 52.4 Å². The van der Waals surface area contributed by atoms with Gasteiger partial charge >= 0.3 is 0 Å². The van der Waals surface area contributed by atoms with Gasteiger partial charge in [-0.2, -0.15) is 0 Å². The van der Waals surface area contributed by atoms with Crippen molar-refractivity contribution in [3.8, 4) is 51.0 Å². The van der Waals surface area contributed by atoms with Crippen LogP contribution in [-0.4, -0.2) is 19.5 Å². The van der Waals surface area contributed by atoms with Gasteiger partial charge in [0.05, 0.1) is 11.0 Å². The molecule has 0 N–H and O–H groups in total. The van der Waals surface area contributed by atoms with Gasteiger partial charge in [-0.25, -0.2) is 19.3 Å². The third-order valence-corrected chi connectivity index (χ3v) is 9.84. The van der Waals surface area contributed by atoms with Gasteiger partial charge in [0.2, 0.25) is 0 Å². The molecule has 4 nitrogen and oxygen atoms in total. The molecule has 0 fully saturated rings. The van der Waals surface area contributed by atoms with E-state index < -0.39 is 0 Å². The Kier molecular flexibility index (Phi) is 8.10. The van der Waals surface area contributed by atoms with Gasteiger partial charge in [0.15, 0.2) is 17.5 Å². The minimum absolute atomic E-state index is 0.0367. The summed E-state index contributed by atoms with van der Waals surface area (Å²) in [5, 5.41) is 2.38. The molecule has 0 radical (unpaired) electrons. The zero-order valence-electron chi connectivity index (χ0n) is 30.4. The molecule has 52 heavy (non-hydrogen) atoms. The van der Waals surface area contributed by atoms with Crippen LogP contribution in [0, 0.1) is 5.82 Å². The number of nitrogens with zero attached hydrogens (tertiary/aromatic N) is 4. The van der Waals surface area contributed by atoms with Crippen LogP contribution < -0.4 is 0 Å². The van der Waals surface area contributed by atoms with Crippen molar-refractivity contribution in [2.24, 2.45) is 0 Å². The Bertz CT molecular complexity index is 2460. The Morgan fingerprint density at radius 2 is 0.942 bits per heavy atom. The number of hydrogen-bond donors (Lipinski definition) is 0. The monoisotopic (exact) mass is 680 g/mol. The highest BCUT2D eigenvalue weighted by Crippen LogP contribution is 2.40. The fourth-order valence-corrected chi connectivity index (χ4v) is 6.92. The highest BCUT2D eigenvalue weighted by atomic mass is 19.1. The van der Waals surface area contributed by atoms with E-state index in [1.807, 2.05) is 66.7 Å². The van der Waals surface area contributed by atoms with Crippen LogP contribution in [0.3, 0.4) is 0 Å². The summed E-state index contributed by atoms with van der Waals surface area (Å²) >= 11 is 0. The molecule has 0 amide bonds. The fraction of sp³-hybridized carbons (Fsp3) is 0.170. The van der Waals surface area contributed by atoms with Crippen LogP contribution in [0.4, 0.5) is 4.39 Å². The second-order valence-corrected chi connectivity index (χ2v) is 15.6. The van der Waals surface area contributed by atoms with E-state index in [1.165, 1.54) is 28.0 Å². The van der Waals surface area contributed by atoms with Crippen LogP contribution in [-0.2, 0) is 10.8 Å². The molecule has 0 aliphatic rings. The summed E-state index contributed by atoms with van der Waals surface area (Å²) in [6, 6.07) is 46.7. The van der Waals surface area contributed by atoms with E-state index in [0.717, 1.165) is 44.5 Å². The predicted octanol–water partition coefficient (Wildman–Crippen LogP) is 12.4. The number of benzene rings is 6. The summed E-state index contributed by atoms with van der Waals surface area (Å²) < 4.78 is 17.2. The Balaban J connectivity index is 1.46. The Hall–Kier alpha value is -5.94. The SMILES string of the molecule is CC(C)(C)c1ccc2c3ccc(C(C)(C)C)cc3n(-c3ccc(-c4cccc(F)c4)c(-c4nc(-c5ccccc5)nc(-c5ccccc5)n4)c3)c2c1. The molecule has 2 heterocycles. The Morgan fingerprint density at radius 1 is 0.442 bits per heavy atom. The van der Waals surface area contributed by atoms with Gasteiger partial charge in [-0.05, 0) is 69.5 Å². The number of aromatic nitrogens is 4. The standard InChI is InChI=1S/C47H41FN4/c1-46(2,3)33-20-23-38-39-24-21-34(47(4,5)6)28-42(39)52(41(38)27-33)36-22-25-37(32-18-13-19-35(48)26-32)40(29-36)45-50-43(30-14-9-7-10-15-30)49-44(51-45)31-16-11-8-12-17-31/h7-29H,1-6H3. The molecule has 256 valence electrons. The first kappa shape index (κ1) is 33.2. The minimum Gasteiger partial charge on any atom is -0.309 e. The lowest BCUT2D eigenvalue weighted by atomic mass is 9.86. The predicted molar refractivity (Wildman–Crippen MR) is 213 cm³/mol. The van der Waals surface area contributed by atoms with Crippen LogP contribution in [0.2, 0.25) is 0 Å². The lowest BCUT2D eigenvalue weighted by Gasteiger charge is -2.20. The second kappa shape index (κ2) is 12.7. The molecule has 8 aromatic rings. The second-order valence-electron chi connectivity index (χ2n) is 15.6. The van der Waals surface area contributed by atoms with E-state index in [0.29, 0.717) is 17.5 Å². The van der Waals surface area contributed by atoms with Crippen molar-refractivity contribution in [2.75, 3.05) is 0 Å². The highest BCUT2D eigenvalue weighted by molar-refractivity contribution is 6.10. The molecule has 0 aliphatic heterocycles. The average Bonchev–Trinajstić information content (AvgIpc) is 3.47. The van der Waals surface area contributed by atoms with Crippen molar-refractivity contribution in [1.82, 2.24) is 19.5 Å². The smallest absolute Gasteiger partial charge is 0.164 e. The average molecular weight is 681 g/mol. The summed E-state index contributed by atoms with van der Waals surface area (Å²) in [4.78, 5) is 15.2. The van der Waals surface area contributed by atoms with Crippen LogP contribution in [0.1, 0.15) is 52.7 Å². The summed E-state index contributed by atoms with van der Waals surface area (Å²) in [6.45, 7) is 13.5. The lowest BCUT2D eigenvalue weighted by Crippen LogP contribution is -2.11. The van der Waals surface area contributed by atoms with Crippen molar-refractivity contribution >= 4 is 21.8 Å². The van der Waals surface area contributed by atoms with Gasteiger partial charge in [0.25, 0.3) is 0 Å². The number of halogens is 1. The van der Waals surface area contributed by atoms with E-state index in [2.05, 4.69) is 101 Å². The van der Waals surface area contributed by atoms with Crippen LogP contribution >= 0.6 is 0 Å². The zero-order chi connectivity index (χ0) is 36.2. The Morgan fingerprint density at radius 3 is 1.44 bits per heavy atom. The largest absolute Gasteiger partial charge is 0.309 e. The molecule has 2 aromatic heterocycles. The number of fused-ring (bicyclic) bond motifs is 3. The van der Waals surface area contributed by atoms with Gasteiger partial charge in [-0.3, -0.25) is 0 Å². The van der Waals surface area contributed by atoms with Gasteiger partial charge in [0, 0.05) is 33.2 Å². The molecule has 0 bridgehead atoms. The third kappa shape index (κ3) is 6.17. The molecule has 5 heteroatoms. The first-order valence-electron chi connectivity index (χ1n) is 17.8. The molecule has 0 unspecified atom stereocenters. The topological polar surface area (TPSA) is 43.6 Å². The van der Waals surface area contributed by atoms with Crippen LogP contribution in [0.25, 0.3) is 72.8 Å². The quantitative estimate of drug-likeness (QED) is 0.182. The molecule has 0 saturated heterocycles. The lowest BCUT2D eigenvalue weighted by molar-refractivity contribution is 0.591. The van der Waals surface area contributed by atoms with E-state index in [9.17, 15) is 4.39 Å². The van der Waals surface area contributed by atoms with E-state index in [4.69, 9.17) is 15.0 Å². The first-order chi connectivity index (χ1) is 24.9. The molecule has 6 aromatic carbocycles. The summed E-state index contributed by atoms with van der Waals surface area (Å²) in [6.07, 6.45) is 0. The highest BCUT2D eigenvalue weighted by Gasteiger charge is 2.23. The van der Waals surface area contributed by atoms with E-state index in [-0.39, 0.29) is 16.6 Å². The fourth-order valence-electron chi connectivity index (χ4n) is 6.92. The molecule has 0 atom stereocenters. The van der Waals surface area contributed by atoms with Crippen LogP contribution in [0.15, 0.2) is 140 Å². The summed E-state index contributed by atoms with van der Waals surface area (Å²) in [5.41, 5.74) is 9.81. The molecule has 0 spiro atoms. The summed E-state index contributed by atoms with van der Waals surface area (Å²) in [7, 11) is 0. The number of hydrogen-bond acceptors (Lipinski definition) is 3. The minimum atomic E-state index is -0.301. The van der Waals surface area contributed by atoms with Crippen molar-refractivity contribution in [1.29, 1.82) is 0 Å². The van der Waals surface area contributed by atoms with Crippen molar-refractivity contribution < 1.29 is 4.39 Å². The molecular weight excluding hydrogens is 640 g/mol. The number of rotatable bonds is 5. The van der Waals surface area contributed by atoms with Gasteiger partial charge in [-0.1, -0.05) is 145 Å². The first-order valence-corrected chi connectivity index (χ1v) is 17.8. The summed E-state index contributed by atoms with van der Waals surface area (Å²) in [5.74, 6) is 1.35. The van der Waals surface area contributed by atoms with Gasteiger partial charge < -0.3 is 4.57 Å². The van der Waals surface area contributed by atoms with Crippen molar-refractivity contribution in [3.63, 3.8) is 0 Å². The zero-order valence-corrected chi connectivity index (χ0v) is 30.4. The van der Waals surface area contributed by atoms with Crippen LogP contribution in [0.5, 0.6) is 0 Å². The maximum absolute atomic E-state index is 14.8. The van der Waals surface area contributed by atoms with E-state index >= 15 is 0 Å². The van der Waals surface area contributed by atoms with E-state index in [1.54, 1.807) is 12.1 Å². The molecule has 0 saturated carbocycles.